The van der Waals surface area contributed by atoms with Crippen LogP contribution in [0.2, 0.25) is 0 Å². The van der Waals surface area contributed by atoms with E-state index in [4.69, 9.17) is 4.42 Å². The fourth-order valence-corrected chi connectivity index (χ4v) is 3.03. The molecule has 0 bridgehead atoms. The minimum atomic E-state index is -0.277. The average molecular weight is 316 g/mol. The van der Waals surface area contributed by atoms with Crippen molar-refractivity contribution >= 4 is 34.1 Å². The third-order valence-corrected chi connectivity index (χ3v) is 4.39. The van der Waals surface area contributed by atoms with Crippen LogP contribution in [0.15, 0.2) is 63.4 Å². The van der Waals surface area contributed by atoms with Crippen LogP contribution < -0.4 is 5.32 Å². The summed E-state index contributed by atoms with van der Waals surface area (Å²) in [5, 5.41) is 5.06. The summed E-state index contributed by atoms with van der Waals surface area (Å²) >= 11 is 3.04. The Labute approximate surface area is 130 Å². The van der Waals surface area contributed by atoms with Gasteiger partial charge in [-0.3, -0.25) is 10.1 Å². The van der Waals surface area contributed by atoms with Crippen molar-refractivity contribution in [1.82, 2.24) is 4.98 Å². The van der Waals surface area contributed by atoms with Crippen molar-refractivity contribution in [1.29, 1.82) is 0 Å². The predicted octanol–water partition coefficient (Wildman–Crippen LogP) is 4.28. The van der Waals surface area contributed by atoms with Crippen molar-refractivity contribution < 1.29 is 9.21 Å². The molecule has 0 saturated carbocycles. The lowest BCUT2D eigenvalue weighted by Crippen LogP contribution is -2.10. The molecule has 0 aliphatic carbocycles. The Bertz CT molecular complexity index is 708. The lowest BCUT2D eigenvalue weighted by Gasteiger charge is -1.99. The molecule has 1 N–H and O–H groups in total. The number of thiazole rings is 1. The Morgan fingerprint density at radius 2 is 2.10 bits per heavy atom. The van der Waals surface area contributed by atoms with Gasteiger partial charge in [0.1, 0.15) is 5.76 Å². The number of rotatable bonds is 5. The van der Waals surface area contributed by atoms with E-state index in [0.717, 1.165) is 5.76 Å². The number of aromatic nitrogens is 1. The highest BCUT2D eigenvalue weighted by atomic mass is 32.2. The molecule has 3 aromatic rings. The smallest absolute Gasteiger partial charge is 0.293 e. The van der Waals surface area contributed by atoms with Crippen LogP contribution in [0.3, 0.4) is 0 Å². The van der Waals surface area contributed by atoms with E-state index in [1.807, 2.05) is 36.4 Å². The van der Waals surface area contributed by atoms with Crippen LogP contribution in [0.25, 0.3) is 0 Å². The van der Waals surface area contributed by atoms with Gasteiger partial charge >= 0.3 is 0 Å². The molecule has 1 aromatic carbocycles. The van der Waals surface area contributed by atoms with Crippen LogP contribution in [0, 0.1) is 0 Å². The van der Waals surface area contributed by atoms with E-state index in [9.17, 15) is 4.79 Å². The third kappa shape index (κ3) is 3.74. The summed E-state index contributed by atoms with van der Waals surface area (Å²) in [6, 6.07) is 13.6. The normalized spacial score (nSPS) is 10.5. The summed E-state index contributed by atoms with van der Waals surface area (Å²) in [6.45, 7) is 0. The van der Waals surface area contributed by atoms with Crippen LogP contribution >= 0.6 is 23.1 Å². The lowest BCUT2D eigenvalue weighted by molar-refractivity contribution is 0.0995. The van der Waals surface area contributed by atoms with Gasteiger partial charge in [-0.15, -0.1) is 23.1 Å². The lowest BCUT2D eigenvalue weighted by atomic mass is 10.4. The number of amides is 1. The number of carbonyl (C=O) groups excluding carboxylic acids is 1. The van der Waals surface area contributed by atoms with Crippen molar-refractivity contribution in [2.75, 3.05) is 5.32 Å². The van der Waals surface area contributed by atoms with E-state index in [2.05, 4.69) is 10.3 Å². The SMILES string of the molecule is O=C(Nc1nccs1)c1ccc(CSc2ccccc2)o1. The zero-order chi connectivity index (χ0) is 14.5. The molecule has 0 atom stereocenters. The summed E-state index contributed by atoms with van der Waals surface area (Å²) in [5.74, 6) is 1.48. The molecule has 4 nitrogen and oxygen atoms in total. The second-order valence-corrected chi connectivity index (χ2v) is 6.10. The maximum Gasteiger partial charge on any atom is 0.293 e. The Morgan fingerprint density at radius 3 is 2.86 bits per heavy atom. The summed E-state index contributed by atoms with van der Waals surface area (Å²) in [4.78, 5) is 17.1. The topological polar surface area (TPSA) is 55.1 Å². The highest BCUT2D eigenvalue weighted by molar-refractivity contribution is 7.98. The summed E-state index contributed by atoms with van der Waals surface area (Å²) in [6.07, 6.45) is 1.64. The molecule has 0 aliphatic heterocycles. The number of carbonyl (C=O) groups is 1. The molecule has 0 fully saturated rings. The number of nitrogens with one attached hydrogen (secondary N) is 1. The van der Waals surface area contributed by atoms with Gasteiger partial charge in [0.05, 0.1) is 5.75 Å². The minimum Gasteiger partial charge on any atom is -0.455 e. The molecule has 106 valence electrons. The van der Waals surface area contributed by atoms with Gasteiger partial charge in [-0.2, -0.15) is 0 Å². The Balaban J connectivity index is 1.59. The van der Waals surface area contributed by atoms with E-state index >= 15 is 0 Å². The van der Waals surface area contributed by atoms with Gasteiger partial charge < -0.3 is 4.42 Å². The fraction of sp³-hybridized carbons (Fsp3) is 0.0667. The molecule has 0 spiro atoms. The number of thioether (sulfide) groups is 1. The first-order chi connectivity index (χ1) is 10.3. The van der Waals surface area contributed by atoms with Crippen molar-refractivity contribution in [3.8, 4) is 0 Å². The molecule has 0 saturated heterocycles. The quantitative estimate of drug-likeness (QED) is 0.714. The van der Waals surface area contributed by atoms with Gasteiger partial charge in [0.2, 0.25) is 0 Å². The van der Waals surface area contributed by atoms with Crippen LogP contribution in [0.5, 0.6) is 0 Å². The standard InChI is InChI=1S/C15H12N2O2S2/c18-14(17-15-16-8-9-20-15)13-7-6-11(19-13)10-21-12-4-2-1-3-5-12/h1-9H,10H2,(H,16,17,18). The summed E-state index contributed by atoms with van der Waals surface area (Å²) in [5.41, 5.74) is 0. The first-order valence-electron chi connectivity index (χ1n) is 6.29. The molecule has 21 heavy (non-hydrogen) atoms. The van der Waals surface area contributed by atoms with Crippen molar-refractivity contribution in [3.63, 3.8) is 0 Å². The molecule has 0 aliphatic rings. The van der Waals surface area contributed by atoms with Crippen LogP contribution in [-0.4, -0.2) is 10.9 Å². The summed E-state index contributed by atoms with van der Waals surface area (Å²) in [7, 11) is 0. The molecule has 3 rings (SSSR count). The molecule has 1 amide bonds. The molecular formula is C15H12N2O2S2. The van der Waals surface area contributed by atoms with E-state index in [1.165, 1.54) is 16.2 Å². The Kier molecular flexibility index (Phi) is 4.37. The second kappa shape index (κ2) is 6.60. The minimum absolute atomic E-state index is 0.277. The van der Waals surface area contributed by atoms with Gasteiger partial charge in [0.15, 0.2) is 10.9 Å². The van der Waals surface area contributed by atoms with Crippen molar-refractivity contribution in [2.45, 2.75) is 10.6 Å². The van der Waals surface area contributed by atoms with Crippen molar-refractivity contribution in [3.05, 3.63) is 65.6 Å². The molecule has 0 unspecified atom stereocenters. The monoisotopic (exact) mass is 316 g/mol. The van der Waals surface area contributed by atoms with Gasteiger partial charge in [-0.25, -0.2) is 4.98 Å². The fourth-order valence-electron chi connectivity index (χ4n) is 1.69. The molecule has 2 aromatic heterocycles. The molecular weight excluding hydrogens is 304 g/mol. The third-order valence-electron chi connectivity index (χ3n) is 2.66. The maximum atomic E-state index is 12.0. The van der Waals surface area contributed by atoms with Crippen LogP contribution in [0.1, 0.15) is 16.3 Å². The van der Waals surface area contributed by atoms with E-state index in [0.29, 0.717) is 16.6 Å². The van der Waals surface area contributed by atoms with Gasteiger partial charge in [0.25, 0.3) is 5.91 Å². The van der Waals surface area contributed by atoms with E-state index in [1.54, 1.807) is 29.4 Å². The molecule has 2 heterocycles. The van der Waals surface area contributed by atoms with E-state index < -0.39 is 0 Å². The van der Waals surface area contributed by atoms with Gasteiger partial charge in [-0.05, 0) is 24.3 Å². The number of benzene rings is 1. The predicted molar refractivity (Wildman–Crippen MR) is 84.8 cm³/mol. The average Bonchev–Trinajstić information content (AvgIpc) is 3.17. The number of furan rings is 1. The van der Waals surface area contributed by atoms with Crippen LogP contribution in [0.4, 0.5) is 5.13 Å². The number of hydrogen-bond acceptors (Lipinski definition) is 5. The van der Waals surface area contributed by atoms with Gasteiger partial charge in [0, 0.05) is 16.5 Å². The number of hydrogen-bond donors (Lipinski definition) is 1. The highest BCUT2D eigenvalue weighted by Crippen LogP contribution is 2.23. The molecule has 6 heteroatoms. The first-order valence-corrected chi connectivity index (χ1v) is 8.15. The highest BCUT2D eigenvalue weighted by Gasteiger charge is 2.12. The zero-order valence-electron chi connectivity index (χ0n) is 11.0. The van der Waals surface area contributed by atoms with Crippen molar-refractivity contribution in [2.24, 2.45) is 0 Å². The second-order valence-electron chi connectivity index (χ2n) is 4.16. The Hall–Kier alpha value is -2.05. The Morgan fingerprint density at radius 1 is 1.24 bits per heavy atom. The molecule has 0 radical (unpaired) electrons. The largest absolute Gasteiger partial charge is 0.455 e. The van der Waals surface area contributed by atoms with Crippen LogP contribution in [-0.2, 0) is 5.75 Å². The summed E-state index contributed by atoms with van der Waals surface area (Å²) < 4.78 is 5.56. The van der Waals surface area contributed by atoms with Gasteiger partial charge in [-0.1, -0.05) is 18.2 Å². The van der Waals surface area contributed by atoms with E-state index in [-0.39, 0.29) is 5.91 Å². The number of nitrogens with zero attached hydrogens (tertiary/aromatic N) is 1. The zero-order valence-corrected chi connectivity index (χ0v) is 12.6. The maximum absolute atomic E-state index is 12.0. The number of anilines is 1. The first kappa shape index (κ1) is 13.9.